The number of piperidine rings is 1. The summed E-state index contributed by atoms with van der Waals surface area (Å²) in [5, 5.41) is 7.81. The maximum atomic E-state index is 12.7. The number of rotatable bonds is 5. The van der Waals surface area contributed by atoms with Crippen molar-refractivity contribution in [1.82, 2.24) is 20.9 Å². The zero-order valence-electron chi connectivity index (χ0n) is 17.4. The predicted octanol–water partition coefficient (Wildman–Crippen LogP) is 0.994. The lowest BCUT2D eigenvalue weighted by Crippen LogP contribution is -2.40. The van der Waals surface area contributed by atoms with Crippen molar-refractivity contribution in [3.8, 4) is 0 Å². The molecule has 1 atom stereocenters. The van der Waals surface area contributed by atoms with Gasteiger partial charge in [0, 0.05) is 37.4 Å². The van der Waals surface area contributed by atoms with Crippen molar-refractivity contribution in [3.63, 3.8) is 0 Å². The van der Waals surface area contributed by atoms with E-state index >= 15 is 0 Å². The molecule has 2 fully saturated rings. The van der Waals surface area contributed by atoms with Crippen molar-refractivity contribution >= 4 is 23.7 Å². The van der Waals surface area contributed by atoms with Gasteiger partial charge in [-0.05, 0) is 43.0 Å². The molecule has 0 radical (unpaired) electrons. The smallest absolute Gasteiger partial charge is 0.322 e. The summed E-state index contributed by atoms with van der Waals surface area (Å²) in [7, 11) is 0. The van der Waals surface area contributed by atoms with Crippen LogP contribution in [0.25, 0.3) is 0 Å². The van der Waals surface area contributed by atoms with Crippen molar-refractivity contribution < 1.29 is 14.4 Å². The minimum absolute atomic E-state index is 0.208. The van der Waals surface area contributed by atoms with Gasteiger partial charge < -0.3 is 21.3 Å². The summed E-state index contributed by atoms with van der Waals surface area (Å²) in [6.45, 7) is 3.59. The van der Waals surface area contributed by atoms with Gasteiger partial charge in [0.05, 0.1) is 0 Å². The number of benzene rings is 1. The molecule has 9 heteroatoms. The van der Waals surface area contributed by atoms with E-state index in [-0.39, 0.29) is 18.5 Å². The monoisotopic (exact) mass is 422 g/mol. The van der Waals surface area contributed by atoms with Crippen LogP contribution in [-0.4, -0.2) is 42.0 Å². The Balaban J connectivity index is 1.42. The van der Waals surface area contributed by atoms with Crippen LogP contribution in [-0.2, 0) is 16.9 Å². The van der Waals surface area contributed by atoms with E-state index in [1.165, 1.54) is 0 Å². The van der Waals surface area contributed by atoms with Crippen molar-refractivity contribution in [1.29, 1.82) is 0 Å². The van der Waals surface area contributed by atoms with Crippen molar-refractivity contribution in [2.24, 2.45) is 5.73 Å². The second-order valence-corrected chi connectivity index (χ2v) is 8.14. The molecule has 2 aliphatic rings. The van der Waals surface area contributed by atoms with Crippen LogP contribution in [0.1, 0.15) is 41.3 Å². The van der Waals surface area contributed by atoms with Crippen LogP contribution in [0.3, 0.4) is 0 Å². The number of hydrogen-bond donors (Lipinski definition) is 4. The van der Waals surface area contributed by atoms with Gasteiger partial charge in [0.2, 0.25) is 0 Å². The second-order valence-electron chi connectivity index (χ2n) is 8.14. The average molecular weight is 422 g/mol. The van der Waals surface area contributed by atoms with Crippen LogP contribution < -0.4 is 26.6 Å². The Morgan fingerprint density at radius 1 is 1.26 bits per heavy atom. The molecular weight excluding hydrogens is 396 g/mol. The molecular formula is C22H26N6O3. The number of nitrogens with zero attached hydrogens (tertiary/aromatic N) is 2. The molecule has 0 aliphatic carbocycles. The lowest BCUT2D eigenvalue weighted by atomic mass is 9.91. The summed E-state index contributed by atoms with van der Waals surface area (Å²) in [5.41, 5.74) is 6.84. The van der Waals surface area contributed by atoms with E-state index in [1.807, 2.05) is 6.07 Å². The highest BCUT2D eigenvalue weighted by Crippen LogP contribution is 2.25. The number of pyridine rings is 1. The molecule has 4 amide bonds. The van der Waals surface area contributed by atoms with Crippen molar-refractivity contribution in [2.45, 2.75) is 37.9 Å². The van der Waals surface area contributed by atoms with E-state index < -0.39 is 17.5 Å². The molecule has 0 spiro atoms. The van der Waals surface area contributed by atoms with Gasteiger partial charge in [-0.15, -0.1) is 0 Å². The first-order chi connectivity index (χ1) is 14.8. The molecule has 4 rings (SSSR count). The molecule has 162 valence electrons. The van der Waals surface area contributed by atoms with Gasteiger partial charge in [-0.3, -0.25) is 14.9 Å². The quantitative estimate of drug-likeness (QED) is 0.532. The van der Waals surface area contributed by atoms with E-state index in [0.717, 1.165) is 37.3 Å². The number of imide groups is 1. The fraction of sp³-hybridized carbons (Fsp3) is 0.364. The summed E-state index contributed by atoms with van der Waals surface area (Å²) < 4.78 is 0. The number of nitrogens with two attached hydrogens (primary N) is 1. The number of nitrogens with one attached hydrogen (secondary N) is 3. The molecule has 5 N–H and O–H groups in total. The Kier molecular flexibility index (Phi) is 5.60. The number of carbonyl (C=O) groups is 3. The first kappa shape index (κ1) is 20.8. The number of anilines is 1. The molecule has 1 aromatic heterocycles. The molecule has 0 saturated carbocycles. The molecule has 31 heavy (non-hydrogen) atoms. The van der Waals surface area contributed by atoms with Gasteiger partial charge in [0.15, 0.2) is 0 Å². The molecule has 2 saturated heterocycles. The number of urea groups is 1. The van der Waals surface area contributed by atoms with Crippen LogP contribution in [0, 0.1) is 0 Å². The summed E-state index contributed by atoms with van der Waals surface area (Å²) in [4.78, 5) is 43.0. The molecule has 9 nitrogen and oxygen atoms in total. The predicted molar refractivity (Wildman–Crippen MR) is 115 cm³/mol. The second kappa shape index (κ2) is 8.35. The number of carbonyl (C=O) groups excluding carboxylic acids is 3. The topological polar surface area (TPSA) is 129 Å². The number of hydrogen-bond acceptors (Lipinski definition) is 6. The Morgan fingerprint density at radius 2 is 2.03 bits per heavy atom. The lowest BCUT2D eigenvalue weighted by Gasteiger charge is -2.31. The third-order valence-electron chi connectivity index (χ3n) is 5.87. The third kappa shape index (κ3) is 4.36. The van der Waals surface area contributed by atoms with Crippen molar-refractivity contribution in [3.05, 3.63) is 59.3 Å². The molecule has 2 aliphatic heterocycles. The van der Waals surface area contributed by atoms with E-state index in [2.05, 4.69) is 25.8 Å². The lowest BCUT2D eigenvalue weighted by molar-refractivity contribution is -0.123. The van der Waals surface area contributed by atoms with Gasteiger partial charge >= 0.3 is 6.03 Å². The first-order valence-electron chi connectivity index (χ1n) is 10.3. The zero-order valence-corrected chi connectivity index (χ0v) is 17.4. The maximum absolute atomic E-state index is 12.7. The van der Waals surface area contributed by atoms with Gasteiger partial charge in [0.1, 0.15) is 11.4 Å². The molecule has 3 heterocycles. The fourth-order valence-electron chi connectivity index (χ4n) is 3.88. The summed E-state index contributed by atoms with van der Waals surface area (Å²) in [6, 6.07) is 10.4. The van der Waals surface area contributed by atoms with Crippen molar-refractivity contribution in [2.75, 3.05) is 18.0 Å². The van der Waals surface area contributed by atoms with Gasteiger partial charge in [0.25, 0.3) is 11.8 Å². The molecule has 0 bridgehead atoms. The van der Waals surface area contributed by atoms with E-state index in [0.29, 0.717) is 11.1 Å². The standard InChI is InChI=1S/C22H26N6O3/c1-22(20(30)26-21(31)27-22)16-4-2-3-14(11-16)13-25-19(29)15-5-8-24-18(12-15)28-9-6-17(23)7-10-28/h2-5,8,11-12,17H,6-7,9-10,13,23H2,1H3,(H,25,29)(H2,26,27,30,31). The zero-order chi connectivity index (χ0) is 22.0. The SMILES string of the molecule is CC1(c2cccc(CNC(=O)c3ccnc(N4CCC(N)CC4)c3)c2)NC(=O)NC1=O. The Labute approximate surface area is 180 Å². The van der Waals surface area contributed by atoms with Gasteiger partial charge in [-0.2, -0.15) is 0 Å². The number of amides is 4. The summed E-state index contributed by atoms with van der Waals surface area (Å²) in [6.07, 6.45) is 3.46. The van der Waals surface area contributed by atoms with E-state index in [1.54, 1.807) is 43.5 Å². The van der Waals surface area contributed by atoms with E-state index in [9.17, 15) is 14.4 Å². The highest BCUT2D eigenvalue weighted by molar-refractivity contribution is 6.07. The summed E-state index contributed by atoms with van der Waals surface area (Å²) in [5.74, 6) is 0.167. The number of aromatic nitrogens is 1. The minimum Gasteiger partial charge on any atom is -0.356 e. The Hall–Kier alpha value is -3.46. The first-order valence-corrected chi connectivity index (χ1v) is 10.3. The van der Waals surface area contributed by atoms with Crippen LogP contribution in [0.15, 0.2) is 42.6 Å². The highest BCUT2D eigenvalue weighted by atomic mass is 16.2. The Bertz CT molecular complexity index is 1020. The van der Waals surface area contributed by atoms with Gasteiger partial charge in [-0.1, -0.05) is 24.3 Å². The van der Waals surface area contributed by atoms with Crippen LogP contribution in [0.4, 0.5) is 10.6 Å². The largest absolute Gasteiger partial charge is 0.356 e. The average Bonchev–Trinajstić information content (AvgIpc) is 3.05. The fourth-order valence-corrected chi connectivity index (χ4v) is 3.88. The molecule has 1 unspecified atom stereocenters. The van der Waals surface area contributed by atoms with Gasteiger partial charge in [-0.25, -0.2) is 9.78 Å². The Morgan fingerprint density at radius 3 is 2.74 bits per heavy atom. The van der Waals surface area contributed by atoms with E-state index in [4.69, 9.17) is 5.73 Å². The maximum Gasteiger partial charge on any atom is 0.322 e. The van der Waals surface area contributed by atoms with Crippen LogP contribution >= 0.6 is 0 Å². The minimum atomic E-state index is -1.13. The molecule has 1 aromatic carbocycles. The van der Waals surface area contributed by atoms with Crippen LogP contribution in [0.5, 0.6) is 0 Å². The summed E-state index contributed by atoms with van der Waals surface area (Å²) >= 11 is 0. The van der Waals surface area contributed by atoms with Crippen LogP contribution in [0.2, 0.25) is 0 Å². The third-order valence-corrected chi connectivity index (χ3v) is 5.87. The highest BCUT2D eigenvalue weighted by Gasteiger charge is 2.43. The normalized spacial score (nSPS) is 21.5. The molecule has 2 aromatic rings.